The molecule has 1 fully saturated rings. The quantitative estimate of drug-likeness (QED) is 0.485. The van der Waals surface area contributed by atoms with Gasteiger partial charge in [0.15, 0.2) is 5.65 Å². The summed E-state index contributed by atoms with van der Waals surface area (Å²) >= 11 is 0. The Morgan fingerprint density at radius 3 is 2.71 bits per heavy atom. The van der Waals surface area contributed by atoms with Gasteiger partial charge in [-0.15, -0.1) is 0 Å². The molecule has 3 aromatic rings. The number of nitrogens with zero attached hydrogens (tertiary/aromatic N) is 4. The fourth-order valence-electron chi connectivity index (χ4n) is 2.96. The lowest BCUT2D eigenvalue weighted by atomic mass is 9.52. The molecular formula is C18H17B3FN7O2. The Morgan fingerprint density at radius 2 is 2.06 bits per heavy atom. The largest absolute Gasteiger partial charge is 0.499 e. The number of amides is 1. The van der Waals surface area contributed by atoms with Crippen molar-refractivity contribution >= 4 is 52.4 Å². The predicted octanol–water partition coefficient (Wildman–Crippen LogP) is 0.554. The summed E-state index contributed by atoms with van der Waals surface area (Å²) in [4.78, 5) is 21.2. The molecule has 3 N–H and O–H groups in total. The van der Waals surface area contributed by atoms with Crippen LogP contribution in [-0.2, 0) is 0 Å². The first-order valence-corrected chi connectivity index (χ1v) is 9.45. The molecule has 13 heteroatoms. The third kappa shape index (κ3) is 4.60. The van der Waals surface area contributed by atoms with Gasteiger partial charge in [0.25, 0.3) is 5.91 Å². The third-order valence-corrected chi connectivity index (χ3v) is 4.53. The van der Waals surface area contributed by atoms with Crippen molar-refractivity contribution in [3.8, 4) is 5.88 Å². The van der Waals surface area contributed by atoms with Crippen LogP contribution in [0.25, 0.3) is 5.65 Å². The summed E-state index contributed by atoms with van der Waals surface area (Å²) < 4.78 is 20.0. The molecule has 1 amide bonds. The number of hydrogen-bond acceptors (Lipinski definition) is 7. The number of hydrogen-bond donors (Lipinski definition) is 3. The SMILES string of the molecule is [B]C([B])([B])Oc1ncc(C)cc1Nc1cc(NC)n2ncc(C(=O)N[C@H]3C[C@H]3F)c2n1. The molecule has 0 unspecified atom stereocenters. The maximum Gasteiger partial charge on any atom is 0.257 e. The van der Waals surface area contributed by atoms with Crippen LogP contribution in [0, 0.1) is 6.92 Å². The van der Waals surface area contributed by atoms with Crippen LogP contribution in [0.3, 0.4) is 0 Å². The Morgan fingerprint density at radius 1 is 1.32 bits per heavy atom. The lowest BCUT2D eigenvalue weighted by Gasteiger charge is -2.24. The highest BCUT2D eigenvalue weighted by Crippen LogP contribution is 2.29. The summed E-state index contributed by atoms with van der Waals surface area (Å²) in [5, 5.41) is 11.0. The average Bonchev–Trinajstić information content (AvgIpc) is 3.20. The molecule has 1 saturated carbocycles. The number of carbonyl (C=O) groups excluding carboxylic acids is 1. The molecule has 0 saturated heterocycles. The van der Waals surface area contributed by atoms with Gasteiger partial charge in [-0.2, -0.15) is 9.61 Å². The molecule has 0 aromatic carbocycles. The molecule has 0 bridgehead atoms. The van der Waals surface area contributed by atoms with Crippen LogP contribution in [0.15, 0.2) is 24.5 Å². The van der Waals surface area contributed by atoms with E-state index in [4.69, 9.17) is 28.3 Å². The molecule has 1 aliphatic carbocycles. The van der Waals surface area contributed by atoms with Crippen LogP contribution in [0.5, 0.6) is 5.88 Å². The number of carbonyl (C=O) groups is 1. The van der Waals surface area contributed by atoms with Gasteiger partial charge >= 0.3 is 0 Å². The predicted molar refractivity (Wildman–Crippen MR) is 116 cm³/mol. The second-order valence-corrected chi connectivity index (χ2v) is 7.35. The molecule has 9 nitrogen and oxygen atoms in total. The van der Waals surface area contributed by atoms with Crippen LogP contribution < -0.4 is 20.7 Å². The minimum absolute atomic E-state index is 0.0694. The topological polar surface area (TPSA) is 105 Å². The number of ether oxygens (including phenoxy) is 1. The van der Waals surface area contributed by atoms with Crippen LogP contribution in [0.4, 0.5) is 21.7 Å². The number of halogens is 1. The Hall–Kier alpha value is -3.24. The van der Waals surface area contributed by atoms with E-state index < -0.39 is 23.4 Å². The number of alkyl halides is 1. The second-order valence-electron chi connectivity index (χ2n) is 7.35. The number of aromatic nitrogens is 4. The summed E-state index contributed by atoms with van der Waals surface area (Å²) in [7, 11) is 18.3. The molecular weight excluding hydrogens is 398 g/mol. The van der Waals surface area contributed by atoms with Crippen LogP contribution in [-0.4, -0.2) is 73.6 Å². The lowest BCUT2D eigenvalue weighted by Crippen LogP contribution is -2.38. The van der Waals surface area contributed by atoms with E-state index in [9.17, 15) is 9.18 Å². The van der Waals surface area contributed by atoms with Crippen molar-refractivity contribution in [1.29, 1.82) is 0 Å². The molecule has 31 heavy (non-hydrogen) atoms. The fraction of sp³-hybridized carbons (Fsp3) is 0.333. The molecule has 3 heterocycles. The Labute approximate surface area is 181 Å². The van der Waals surface area contributed by atoms with Crippen molar-refractivity contribution in [2.24, 2.45) is 0 Å². The van der Waals surface area contributed by atoms with Crippen molar-refractivity contribution in [3.63, 3.8) is 0 Å². The third-order valence-electron chi connectivity index (χ3n) is 4.53. The van der Waals surface area contributed by atoms with E-state index in [0.717, 1.165) is 5.56 Å². The minimum atomic E-state index is -1.93. The summed E-state index contributed by atoms with van der Waals surface area (Å²) in [6, 6.07) is 2.94. The molecule has 0 aliphatic heterocycles. The molecule has 6 radical (unpaired) electrons. The van der Waals surface area contributed by atoms with Gasteiger partial charge in [0.1, 0.15) is 52.6 Å². The number of pyridine rings is 1. The normalized spacial score (nSPS) is 17.9. The number of anilines is 3. The number of fused-ring (bicyclic) bond motifs is 1. The molecule has 2 atom stereocenters. The zero-order valence-corrected chi connectivity index (χ0v) is 16.9. The first kappa shape index (κ1) is 21.0. The zero-order valence-electron chi connectivity index (χ0n) is 16.9. The van der Waals surface area contributed by atoms with Gasteiger partial charge in [0.2, 0.25) is 5.88 Å². The summed E-state index contributed by atoms with van der Waals surface area (Å²) in [5.41, 5.74) is 1.73. The van der Waals surface area contributed by atoms with E-state index in [1.165, 1.54) is 10.7 Å². The number of aryl methyl sites for hydroxylation is 1. The highest BCUT2D eigenvalue weighted by atomic mass is 19.1. The fourth-order valence-corrected chi connectivity index (χ4v) is 2.96. The standard InChI is InChI=1S/C18H17B3FN7O2/c1-8-3-12(17(24-6-8)31-18(19,20)21)26-13-5-14(23-2)29-15(28-13)9(7-25-29)16(30)27-11-4-10(11)22/h3,5-7,10-11,23H,4H2,1-2H3,(H,26,28)(H,27,30)/t10-,11+/m1/s1. The van der Waals surface area contributed by atoms with E-state index in [-0.39, 0.29) is 17.1 Å². The van der Waals surface area contributed by atoms with Gasteiger partial charge in [0, 0.05) is 25.7 Å². The zero-order chi connectivity index (χ0) is 22.3. The first-order chi connectivity index (χ1) is 14.6. The van der Waals surface area contributed by atoms with Crippen LogP contribution in [0.1, 0.15) is 22.3 Å². The molecule has 4 rings (SSSR count). The van der Waals surface area contributed by atoms with Crippen LogP contribution >= 0.6 is 0 Å². The van der Waals surface area contributed by atoms with Crippen molar-refractivity contribution in [1.82, 2.24) is 24.9 Å². The van der Waals surface area contributed by atoms with Gasteiger partial charge in [-0.05, 0) is 23.9 Å². The van der Waals surface area contributed by atoms with Gasteiger partial charge in [-0.25, -0.2) is 14.4 Å². The van der Waals surface area contributed by atoms with Gasteiger partial charge in [-0.1, -0.05) is 0 Å². The molecule has 0 spiro atoms. The van der Waals surface area contributed by atoms with Gasteiger partial charge in [-0.3, -0.25) is 4.79 Å². The first-order valence-electron chi connectivity index (χ1n) is 9.45. The van der Waals surface area contributed by atoms with Gasteiger partial charge in [0.05, 0.1) is 12.2 Å². The molecule has 152 valence electrons. The summed E-state index contributed by atoms with van der Waals surface area (Å²) in [6.07, 6.45) is 2.24. The Kier molecular flexibility index (Phi) is 5.28. The van der Waals surface area contributed by atoms with Crippen molar-refractivity contribution < 1.29 is 13.9 Å². The maximum absolute atomic E-state index is 13.2. The monoisotopic (exact) mass is 415 g/mol. The van der Waals surface area contributed by atoms with Crippen molar-refractivity contribution in [2.45, 2.75) is 30.9 Å². The maximum atomic E-state index is 13.2. The van der Waals surface area contributed by atoms with E-state index in [2.05, 4.69) is 31.0 Å². The Balaban J connectivity index is 1.71. The lowest BCUT2D eigenvalue weighted by molar-refractivity contribution is 0.0949. The highest BCUT2D eigenvalue weighted by molar-refractivity contribution is 6.58. The highest BCUT2D eigenvalue weighted by Gasteiger charge is 2.39. The summed E-state index contributed by atoms with van der Waals surface area (Å²) in [5.74, 6) is 0.526. The Bertz CT molecular complexity index is 1150. The van der Waals surface area contributed by atoms with Crippen molar-refractivity contribution in [2.75, 3.05) is 17.7 Å². The molecule has 1 aliphatic rings. The van der Waals surface area contributed by atoms with Gasteiger partial charge < -0.3 is 20.7 Å². The van der Waals surface area contributed by atoms with E-state index >= 15 is 0 Å². The van der Waals surface area contributed by atoms with E-state index in [1.807, 2.05) is 6.92 Å². The number of rotatable bonds is 7. The smallest absolute Gasteiger partial charge is 0.257 e. The second kappa shape index (κ2) is 7.79. The van der Waals surface area contributed by atoms with E-state index in [0.29, 0.717) is 23.7 Å². The molecule has 3 aromatic heterocycles. The van der Waals surface area contributed by atoms with Crippen molar-refractivity contribution in [3.05, 3.63) is 35.7 Å². The number of nitrogens with one attached hydrogen (secondary N) is 3. The van der Waals surface area contributed by atoms with E-state index in [1.54, 1.807) is 25.4 Å². The minimum Gasteiger partial charge on any atom is -0.499 e. The average molecular weight is 415 g/mol. The summed E-state index contributed by atoms with van der Waals surface area (Å²) in [6.45, 7) is 1.84. The van der Waals surface area contributed by atoms with Crippen LogP contribution in [0.2, 0.25) is 0 Å².